The van der Waals surface area contributed by atoms with Gasteiger partial charge >= 0.3 is 0 Å². The molecule has 0 aliphatic heterocycles. The molecule has 2 rings (SSSR count). The quantitative estimate of drug-likeness (QED) is 0.868. The van der Waals surface area contributed by atoms with Crippen molar-refractivity contribution in [3.63, 3.8) is 0 Å². The van der Waals surface area contributed by atoms with Gasteiger partial charge in [0.25, 0.3) is 0 Å². The molecule has 0 saturated heterocycles. The van der Waals surface area contributed by atoms with E-state index in [-0.39, 0.29) is 0 Å². The minimum Gasteiger partial charge on any atom is -0.378 e. The number of nitrogens with zero attached hydrogens (tertiary/aromatic N) is 2. The van der Waals surface area contributed by atoms with Gasteiger partial charge in [-0.2, -0.15) is 0 Å². The van der Waals surface area contributed by atoms with E-state index in [1.165, 1.54) is 0 Å². The molecule has 0 fully saturated rings. The van der Waals surface area contributed by atoms with Crippen LogP contribution in [0.3, 0.4) is 0 Å². The van der Waals surface area contributed by atoms with Crippen LogP contribution in [0.2, 0.25) is 0 Å². The number of aryl methyl sites for hydroxylation is 1. The Morgan fingerprint density at radius 3 is 2.58 bits per heavy atom. The van der Waals surface area contributed by atoms with Gasteiger partial charge in [-0.25, -0.2) is 0 Å². The van der Waals surface area contributed by atoms with Gasteiger partial charge in [0.1, 0.15) is 10.7 Å². The van der Waals surface area contributed by atoms with Crippen molar-refractivity contribution < 1.29 is 4.52 Å². The molecule has 0 radical (unpaired) electrons. The van der Waals surface area contributed by atoms with Crippen LogP contribution in [-0.2, 0) is 6.42 Å². The first-order valence-corrected chi connectivity index (χ1v) is 6.55. The number of hydrogen-bond donors (Lipinski definition) is 1. The Kier molecular flexibility index (Phi) is 4.16. The Labute approximate surface area is 118 Å². The summed E-state index contributed by atoms with van der Waals surface area (Å²) < 4.78 is 5.14. The molecule has 1 N–H and O–H groups in total. The molecule has 1 aromatic heterocycles. The van der Waals surface area contributed by atoms with Crippen LogP contribution >= 0.6 is 12.2 Å². The average molecular weight is 275 g/mol. The highest BCUT2D eigenvalue weighted by atomic mass is 32.1. The molecule has 0 unspecified atom stereocenters. The summed E-state index contributed by atoms with van der Waals surface area (Å²) in [7, 11) is 4.02. The zero-order valence-electron chi connectivity index (χ0n) is 11.3. The normalized spacial score (nSPS) is 10.3. The Balaban J connectivity index is 2.11. The number of benzene rings is 1. The molecule has 0 amide bonds. The Hall–Kier alpha value is -1.88. The maximum Gasteiger partial charge on any atom is 0.146 e. The SMILES string of the molecule is CCc1oncc1C(=S)Nc1ccc(N(C)C)cc1. The van der Waals surface area contributed by atoms with Gasteiger partial charge in [-0.15, -0.1) is 0 Å². The van der Waals surface area contributed by atoms with Crippen molar-refractivity contribution in [2.75, 3.05) is 24.3 Å². The number of nitrogens with one attached hydrogen (secondary N) is 1. The second-order valence-electron chi connectivity index (χ2n) is 4.41. The predicted octanol–water partition coefficient (Wildman–Crippen LogP) is 3.09. The molecule has 1 aromatic carbocycles. The van der Waals surface area contributed by atoms with E-state index in [9.17, 15) is 0 Å². The molecular weight excluding hydrogens is 258 g/mol. The Bertz CT molecular complexity index is 560. The van der Waals surface area contributed by atoms with Crippen molar-refractivity contribution in [2.45, 2.75) is 13.3 Å². The van der Waals surface area contributed by atoms with Gasteiger partial charge in [-0.05, 0) is 24.3 Å². The van der Waals surface area contributed by atoms with Crippen LogP contribution < -0.4 is 10.2 Å². The molecule has 0 aliphatic carbocycles. The number of aromatic nitrogens is 1. The maximum atomic E-state index is 5.37. The third-order valence-electron chi connectivity index (χ3n) is 2.85. The first kappa shape index (κ1) is 13.5. The molecule has 19 heavy (non-hydrogen) atoms. The first-order chi connectivity index (χ1) is 9.11. The smallest absolute Gasteiger partial charge is 0.146 e. The molecule has 4 nitrogen and oxygen atoms in total. The molecule has 0 saturated carbocycles. The van der Waals surface area contributed by atoms with Crippen molar-refractivity contribution in [3.05, 3.63) is 41.8 Å². The fourth-order valence-corrected chi connectivity index (χ4v) is 2.03. The van der Waals surface area contributed by atoms with E-state index in [1.54, 1.807) is 6.20 Å². The minimum atomic E-state index is 0.635. The third kappa shape index (κ3) is 3.12. The molecular formula is C14H17N3OS. The summed E-state index contributed by atoms with van der Waals surface area (Å²) in [6, 6.07) is 8.08. The highest BCUT2D eigenvalue weighted by molar-refractivity contribution is 7.81. The van der Waals surface area contributed by atoms with Gasteiger partial charge in [0.15, 0.2) is 0 Å². The summed E-state index contributed by atoms with van der Waals surface area (Å²) in [6.07, 6.45) is 2.43. The molecule has 0 aliphatic rings. The first-order valence-electron chi connectivity index (χ1n) is 6.14. The molecule has 0 spiro atoms. The van der Waals surface area contributed by atoms with Crippen LogP contribution in [0.4, 0.5) is 11.4 Å². The molecule has 0 bridgehead atoms. The topological polar surface area (TPSA) is 41.3 Å². The largest absolute Gasteiger partial charge is 0.378 e. The van der Waals surface area contributed by atoms with E-state index in [0.29, 0.717) is 4.99 Å². The summed E-state index contributed by atoms with van der Waals surface area (Å²) in [6.45, 7) is 2.01. The highest BCUT2D eigenvalue weighted by Crippen LogP contribution is 2.18. The van der Waals surface area contributed by atoms with E-state index in [4.69, 9.17) is 16.7 Å². The van der Waals surface area contributed by atoms with Crippen molar-refractivity contribution in [3.8, 4) is 0 Å². The number of thiocarbonyl (C=S) groups is 1. The van der Waals surface area contributed by atoms with E-state index < -0.39 is 0 Å². The summed E-state index contributed by atoms with van der Waals surface area (Å²) in [5, 5.41) is 6.98. The van der Waals surface area contributed by atoms with E-state index in [1.807, 2.05) is 45.3 Å². The van der Waals surface area contributed by atoms with Crippen molar-refractivity contribution in [2.24, 2.45) is 0 Å². The fourth-order valence-electron chi connectivity index (χ4n) is 1.75. The second-order valence-corrected chi connectivity index (χ2v) is 4.82. The van der Waals surface area contributed by atoms with Crippen LogP contribution in [0.1, 0.15) is 18.2 Å². The van der Waals surface area contributed by atoms with Crippen molar-refractivity contribution >= 4 is 28.6 Å². The zero-order chi connectivity index (χ0) is 13.8. The minimum absolute atomic E-state index is 0.635. The third-order valence-corrected chi connectivity index (χ3v) is 3.17. The summed E-state index contributed by atoms with van der Waals surface area (Å²) in [5.41, 5.74) is 2.96. The molecule has 100 valence electrons. The lowest BCUT2D eigenvalue weighted by Gasteiger charge is -2.13. The Morgan fingerprint density at radius 2 is 2.00 bits per heavy atom. The molecule has 1 heterocycles. The number of rotatable bonds is 4. The van der Waals surface area contributed by atoms with Gasteiger partial charge in [0, 0.05) is 31.9 Å². The van der Waals surface area contributed by atoms with Crippen molar-refractivity contribution in [1.82, 2.24) is 5.16 Å². The van der Waals surface area contributed by atoms with Crippen LogP contribution in [0.25, 0.3) is 0 Å². The lowest BCUT2D eigenvalue weighted by atomic mass is 10.2. The van der Waals surface area contributed by atoms with Crippen LogP contribution in [0, 0.1) is 0 Å². The van der Waals surface area contributed by atoms with Gasteiger partial charge in [0.05, 0.1) is 11.8 Å². The van der Waals surface area contributed by atoms with Gasteiger partial charge in [-0.1, -0.05) is 24.3 Å². The highest BCUT2D eigenvalue weighted by Gasteiger charge is 2.11. The summed E-state index contributed by atoms with van der Waals surface area (Å²) in [4.78, 5) is 2.69. The zero-order valence-corrected chi connectivity index (χ0v) is 12.1. The molecule has 5 heteroatoms. The number of hydrogen-bond acceptors (Lipinski definition) is 4. The monoisotopic (exact) mass is 275 g/mol. The standard InChI is InChI=1S/C14H17N3OS/c1-4-13-12(9-15-18-13)14(19)16-10-5-7-11(8-6-10)17(2)3/h5-9H,4H2,1-3H3,(H,16,19). The fraction of sp³-hybridized carbons (Fsp3) is 0.286. The lowest BCUT2D eigenvalue weighted by Crippen LogP contribution is -2.12. The van der Waals surface area contributed by atoms with Crippen LogP contribution in [-0.4, -0.2) is 24.2 Å². The van der Waals surface area contributed by atoms with Crippen LogP contribution in [0.15, 0.2) is 35.0 Å². The maximum absolute atomic E-state index is 5.37. The second kappa shape index (κ2) is 5.84. The summed E-state index contributed by atoms with van der Waals surface area (Å²) in [5.74, 6) is 0.808. The van der Waals surface area contributed by atoms with E-state index in [0.717, 1.165) is 29.1 Å². The van der Waals surface area contributed by atoms with E-state index in [2.05, 4.69) is 15.4 Å². The molecule has 2 aromatic rings. The summed E-state index contributed by atoms with van der Waals surface area (Å²) >= 11 is 5.37. The Morgan fingerprint density at radius 1 is 1.32 bits per heavy atom. The van der Waals surface area contributed by atoms with Gasteiger partial charge < -0.3 is 14.7 Å². The van der Waals surface area contributed by atoms with E-state index >= 15 is 0 Å². The van der Waals surface area contributed by atoms with Crippen molar-refractivity contribution in [1.29, 1.82) is 0 Å². The van der Waals surface area contributed by atoms with Crippen LogP contribution in [0.5, 0.6) is 0 Å². The average Bonchev–Trinajstić information content (AvgIpc) is 2.87. The van der Waals surface area contributed by atoms with Gasteiger partial charge in [-0.3, -0.25) is 0 Å². The van der Waals surface area contributed by atoms with Gasteiger partial charge in [0.2, 0.25) is 0 Å². The number of anilines is 2. The lowest BCUT2D eigenvalue weighted by molar-refractivity contribution is 0.386. The predicted molar refractivity (Wildman–Crippen MR) is 82.0 cm³/mol. The molecule has 0 atom stereocenters.